The fourth-order valence-corrected chi connectivity index (χ4v) is 2.05. The molecule has 6 nitrogen and oxygen atoms in total. The van der Waals surface area contributed by atoms with Gasteiger partial charge in [0.2, 0.25) is 11.8 Å². The maximum absolute atomic E-state index is 11.5. The highest BCUT2D eigenvalue weighted by molar-refractivity contribution is 5.87. The molecule has 0 radical (unpaired) electrons. The predicted molar refractivity (Wildman–Crippen MR) is 65.0 cm³/mol. The first kappa shape index (κ1) is 13.9. The number of nitrogens with zero attached hydrogens (tertiary/aromatic N) is 1. The van der Waals surface area contributed by atoms with Crippen molar-refractivity contribution in [1.29, 1.82) is 0 Å². The number of rotatable bonds is 6. The Balaban J connectivity index is 2.22. The van der Waals surface area contributed by atoms with Crippen LogP contribution in [0.1, 0.15) is 19.8 Å². The van der Waals surface area contributed by atoms with Crippen molar-refractivity contribution in [2.75, 3.05) is 26.2 Å². The van der Waals surface area contributed by atoms with E-state index in [9.17, 15) is 9.59 Å². The van der Waals surface area contributed by atoms with E-state index in [1.807, 2.05) is 0 Å². The fourth-order valence-electron chi connectivity index (χ4n) is 2.05. The summed E-state index contributed by atoms with van der Waals surface area (Å²) in [5.41, 5.74) is 10.5. The summed E-state index contributed by atoms with van der Waals surface area (Å²) in [7, 11) is 0. The third-order valence-electron chi connectivity index (χ3n) is 3.14. The van der Waals surface area contributed by atoms with E-state index in [2.05, 4.69) is 17.1 Å². The highest BCUT2D eigenvalue weighted by Gasteiger charge is 2.22. The molecule has 0 aromatic rings. The average Bonchev–Trinajstić information content (AvgIpc) is 2.72. The highest BCUT2D eigenvalue weighted by Crippen LogP contribution is 2.14. The average molecular weight is 242 g/mol. The lowest BCUT2D eigenvalue weighted by molar-refractivity contribution is -0.126. The second-order valence-electron chi connectivity index (χ2n) is 4.57. The second kappa shape index (κ2) is 6.56. The van der Waals surface area contributed by atoms with Gasteiger partial charge in [0, 0.05) is 13.1 Å². The molecule has 98 valence electrons. The molecule has 0 aromatic carbocycles. The molecule has 2 unspecified atom stereocenters. The maximum atomic E-state index is 11.5. The summed E-state index contributed by atoms with van der Waals surface area (Å²) in [6, 6.07) is -0.823. The van der Waals surface area contributed by atoms with Gasteiger partial charge in [0.15, 0.2) is 0 Å². The van der Waals surface area contributed by atoms with Gasteiger partial charge in [-0.2, -0.15) is 0 Å². The molecule has 0 spiro atoms. The van der Waals surface area contributed by atoms with E-state index in [0.717, 1.165) is 26.1 Å². The van der Waals surface area contributed by atoms with Crippen molar-refractivity contribution in [3.63, 3.8) is 0 Å². The van der Waals surface area contributed by atoms with Crippen LogP contribution in [0.5, 0.6) is 0 Å². The van der Waals surface area contributed by atoms with E-state index in [1.165, 1.54) is 0 Å². The summed E-state index contributed by atoms with van der Waals surface area (Å²) < 4.78 is 0. The number of primary amides is 1. The Morgan fingerprint density at radius 3 is 2.76 bits per heavy atom. The fraction of sp³-hybridized carbons (Fsp3) is 0.818. The predicted octanol–water partition coefficient (Wildman–Crippen LogP) is -1.35. The Morgan fingerprint density at radius 2 is 2.24 bits per heavy atom. The van der Waals surface area contributed by atoms with E-state index in [0.29, 0.717) is 12.5 Å². The van der Waals surface area contributed by atoms with Gasteiger partial charge in [-0.1, -0.05) is 6.92 Å². The normalized spacial score (nSPS) is 22.4. The first-order valence-corrected chi connectivity index (χ1v) is 6.06. The number of carbonyl (C=O) groups excluding carboxylic acids is 2. The molecule has 0 bridgehead atoms. The first-order valence-electron chi connectivity index (χ1n) is 6.06. The number of likely N-dealkylation sites (tertiary alicyclic amines) is 1. The third-order valence-corrected chi connectivity index (χ3v) is 3.14. The monoisotopic (exact) mass is 242 g/mol. The van der Waals surface area contributed by atoms with Crippen molar-refractivity contribution in [3.8, 4) is 0 Å². The molecule has 0 saturated carbocycles. The van der Waals surface area contributed by atoms with Crippen LogP contribution in [0.4, 0.5) is 0 Å². The molecule has 0 aromatic heterocycles. The van der Waals surface area contributed by atoms with Crippen LogP contribution in [0.2, 0.25) is 0 Å². The maximum Gasteiger partial charge on any atom is 0.237 e. The van der Waals surface area contributed by atoms with Gasteiger partial charge in [-0.05, 0) is 25.4 Å². The van der Waals surface area contributed by atoms with Crippen LogP contribution in [-0.2, 0) is 9.59 Å². The van der Waals surface area contributed by atoms with Gasteiger partial charge in [0.1, 0.15) is 0 Å². The van der Waals surface area contributed by atoms with E-state index in [1.54, 1.807) is 0 Å². The molecule has 1 fully saturated rings. The lowest BCUT2D eigenvalue weighted by atomic mass is 10.1. The smallest absolute Gasteiger partial charge is 0.237 e. The summed E-state index contributed by atoms with van der Waals surface area (Å²) >= 11 is 0. The van der Waals surface area contributed by atoms with Crippen LogP contribution < -0.4 is 16.8 Å². The van der Waals surface area contributed by atoms with Crippen LogP contribution >= 0.6 is 0 Å². The molecule has 2 amide bonds. The zero-order valence-corrected chi connectivity index (χ0v) is 10.3. The van der Waals surface area contributed by atoms with Crippen LogP contribution in [0.3, 0.4) is 0 Å². The zero-order valence-electron chi connectivity index (χ0n) is 10.3. The van der Waals surface area contributed by atoms with Crippen LogP contribution in [0, 0.1) is 5.92 Å². The minimum atomic E-state index is -0.823. The first-order chi connectivity index (χ1) is 8.02. The molecule has 1 rings (SSSR count). The number of carbonyl (C=O) groups is 2. The molecular weight excluding hydrogens is 220 g/mol. The second-order valence-corrected chi connectivity index (χ2v) is 4.57. The van der Waals surface area contributed by atoms with Crippen molar-refractivity contribution in [1.82, 2.24) is 10.2 Å². The molecular formula is C11H22N4O2. The van der Waals surface area contributed by atoms with Crippen molar-refractivity contribution < 1.29 is 9.59 Å². The van der Waals surface area contributed by atoms with E-state index in [-0.39, 0.29) is 12.3 Å². The number of hydrogen-bond donors (Lipinski definition) is 3. The summed E-state index contributed by atoms with van der Waals surface area (Å²) in [5, 5.41) is 2.78. The van der Waals surface area contributed by atoms with Crippen molar-refractivity contribution >= 4 is 11.8 Å². The van der Waals surface area contributed by atoms with Crippen LogP contribution in [0.15, 0.2) is 0 Å². The van der Waals surface area contributed by atoms with Gasteiger partial charge in [-0.3, -0.25) is 9.59 Å². The largest absolute Gasteiger partial charge is 0.370 e. The highest BCUT2D eigenvalue weighted by atomic mass is 16.2. The summed E-state index contributed by atoms with van der Waals surface area (Å²) in [5.74, 6) is -0.357. The number of nitrogens with one attached hydrogen (secondary N) is 1. The lowest BCUT2D eigenvalue weighted by Crippen LogP contribution is -2.44. The molecule has 2 atom stereocenters. The Hall–Kier alpha value is -1.14. The molecule has 6 heteroatoms. The third kappa shape index (κ3) is 4.70. The van der Waals surface area contributed by atoms with Gasteiger partial charge in [0.05, 0.1) is 12.5 Å². The molecule has 0 aliphatic carbocycles. The van der Waals surface area contributed by atoms with Crippen molar-refractivity contribution in [3.05, 3.63) is 0 Å². The van der Waals surface area contributed by atoms with Crippen LogP contribution in [0.25, 0.3) is 0 Å². The van der Waals surface area contributed by atoms with Crippen molar-refractivity contribution in [2.24, 2.45) is 17.4 Å². The summed E-state index contributed by atoms with van der Waals surface area (Å²) in [6.07, 6.45) is 0.997. The Kier molecular flexibility index (Phi) is 5.37. The van der Waals surface area contributed by atoms with Gasteiger partial charge >= 0.3 is 0 Å². The Bertz CT molecular complexity index is 283. The SMILES string of the molecule is CCN1CCC(CNC(=O)C(N)CC(N)=O)C1. The zero-order chi connectivity index (χ0) is 12.8. The molecule has 1 saturated heterocycles. The quantitative estimate of drug-likeness (QED) is 0.536. The lowest BCUT2D eigenvalue weighted by Gasteiger charge is -2.15. The standard InChI is InChI=1S/C11H22N4O2/c1-2-15-4-3-8(7-15)6-14-11(17)9(12)5-10(13)16/h8-9H,2-7,12H2,1H3,(H2,13,16)(H,14,17). The summed E-state index contributed by atoms with van der Waals surface area (Å²) in [4.78, 5) is 24.5. The number of hydrogen-bond acceptors (Lipinski definition) is 4. The molecule has 1 aliphatic heterocycles. The Labute approximate surface area is 102 Å². The van der Waals surface area contributed by atoms with E-state index in [4.69, 9.17) is 11.5 Å². The molecule has 1 aliphatic rings. The minimum absolute atomic E-state index is 0.0996. The van der Waals surface area contributed by atoms with Gasteiger partial charge in [0.25, 0.3) is 0 Å². The van der Waals surface area contributed by atoms with Crippen LogP contribution in [-0.4, -0.2) is 48.9 Å². The molecule has 1 heterocycles. The van der Waals surface area contributed by atoms with E-state index >= 15 is 0 Å². The minimum Gasteiger partial charge on any atom is -0.370 e. The van der Waals surface area contributed by atoms with Crippen molar-refractivity contribution in [2.45, 2.75) is 25.8 Å². The number of amides is 2. The summed E-state index contributed by atoms with van der Waals surface area (Å²) in [6.45, 7) is 5.91. The topological polar surface area (TPSA) is 101 Å². The van der Waals surface area contributed by atoms with Gasteiger partial charge in [-0.15, -0.1) is 0 Å². The van der Waals surface area contributed by atoms with E-state index < -0.39 is 11.9 Å². The number of nitrogens with two attached hydrogens (primary N) is 2. The van der Waals surface area contributed by atoms with Gasteiger partial charge < -0.3 is 21.7 Å². The molecule has 5 N–H and O–H groups in total. The van der Waals surface area contributed by atoms with Gasteiger partial charge in [-0.25, -0.2) is 0 Å². The molecule has 17 heavy (non-hydrogen) atoms. The Morgan fingerprint density at radius 1 is 1.53 bits per heavy atom.